The minimum absolute atomic E-state index is 0.123. The molecule has 0 bridgehead atoms. The van der Waals surface area contributed by atoms with Gasteiger partial charge in [0.1, 0.15) is 11.5 Å². The fourth-order valence-corrected chi connectivity index (χ4v) is 5.28. The van der Waals surface area contributed by atoms with Crippen LogP contribution in [0.25, 0.3) is 16.7 Å². The molecule has 0 saturated carbocycles. The minimum Gasteiger partial charge on any atom is -0.496 e. The van der Waals surface area contributed by atoms with Gasteiger partial charge in [-0.05, 0) is 66.5 Å². The fraction of sp³-hybridized carbons (Fsp3) is 0.353. The minimum atomic E-state index is -0.562. The Morgan fingerprint density at radius 2 is 1.57 bits per heavy atom. The summed E-state index contributed by atoms with van der Waals surface area (Å²) in [6.45, 7) is 6.73. The van der Waals surface area contributed by atoms with Crippen LogP contribution in [-0.2, 0) is 6.42 Å². The molecule has 1 unspecified atom stereocenters. The summed E-state index contributed by atoms with van der Waals surface area (Å²) in [7, 11) is 3.07. The lowest BCUT2D eigenvalue weighted by molar-refractivity contribution is 0.0999. The third kappa shape index (κ3) is 7.70. The predicted octanol–water partition coefficient (Wildman–Crippen LogP) is 6.64. The number of amides is 3. The normalized spacial score (nSPS) is 14.9. The van der Waals surface area contributed by atoms with E-state index in [2.05, 4.69) is 12.1 Å². The number of primary amides is 1. The average molecular weight is 573 g/mol. The number of hydrogen-bond donors (Lipinski definition) is 2. The highest BCUT2D eigenvalue weighted by atomic mass is 16.5. The third-order valence-electron chi connectivity index (χ3n) is 7.42. The van der Waals surface area contributed by atoms with Gasteiger partial charge >= 0.3 is 6.03 Å². The van der Waals surface area contributed by atoms with Crippen LogP contribution in [0.2, 0.25) is 0 Å². The van der Waals surface area contributed by atoms with Gasteiger partial charge in [-0.15, -0.1) is 0 Å². The topological polar surface area (TPSA) is 111 Å². The number of hydrazine groups is 1. The van der Waals surface area contributed by atoms with E-state index in [-0.39, 0.29) is 12.1 Å². The number of carbonyl (C=O) groups is 2. The Morgan fingerprint density at radius 1 is 0.952 bits per heavy atom. The van der Waals surface area contributed by atoms with Crippen molar-refractivity contribution in [3.05, 3.63) is 89.6 Å². The van der Waals surface area contributed by atoms with Gasteiger partial charge in [-0.25, -0.2) is 15.6 Å². The highest BCUT2D eigenvalue weighted by molar-refractivity contribution is 5.95. The second kappa shape index (κ2) is 15.6. The molecular formula is C34H44N4O4. The number of nitrogens with two attached hydrogens (primary N) is 2. The first-order chi connectivity index (χ1) is 20.4. The lowest BCUT2D eigenvalue weighted by Gasteiger charge is -2.37. The molecule has 1 heterocycles. The van der Waals surface area contributed by atoms with Crippen molar-refractivity contribution in [2.75, 3.05) is 20.8 Å². The van der Waals surface area contributed by atoms with Gasteiger partial charge in [0.25, 0.3) is 0 Å². The molecule has 1 fully saturated rings. The Morgan fingerprint density at radius 3 is 2.12 bits per heavy atom. The molecule has 1 aliphatic rings. The molecule has 8 nitrogen and oxygen atoms in total. The van der Waals surface area contributed by atoms with Gasteiger partial charge < -0.3 is 20.1 Å². The van der Waals surface area contributed by atoms with Gasteiger partial charge in [0, 0.05) is 24.4 Å². The number of ether oxygens (including phenoxy) is 2. The Bertz CT molecular complexity index is 1330. The quantitative estimate of drug-likeness (QED) is 0.170. The molecule has 3 amide bonds. The Kier molecular flexibility index (Phi) is 12.0. The standard InChI is InChI=1S/C32H38N4O4.C2H6/c1-4-23(21-36(34)32(38)35-17-9-8-12-27(35)18-22-10-6-5-7-11-22)24-13-15-25(16-14-24)30-28(39-2)19-26(31(33)37)20-29(30)40-3;1-2/h5-7,10-11,13-16,19-21,27H,4,8-9,12,17-18,34H2,1-3H3,(H2,33,37);1-2H3/b23-21+;. The van der Waals surface area contributed by atoms with E-state index in [0.29, 0.717) is 35.6 Å². The number of benzene rings is 3. The molecule has 1 aliphatic heterocycles. The number of nitrogens with zero attached hydrogens (tertiary/aromatic N) is 2. The molecule has 3 aromatic rings. The van der Waals surface area contributed by atoms with E-state index in [4.69, 9.17) is 21.1 Å². The Hall–Kier alpha value is -4.30. The van der Waals surface area contributed by atoms with Gasteiger partial charge in [-0.2, -0.15) is 0 Å². The summed E-state index contributed by atoms with van der Waals surface area (Å²) in [5.41, 5.74) is 10.4. The van der Waals surface area contributed by atoms with Crippen molar-refractivity contribution >= 4 is 17.5 Å². The molecule has 1 atom stereocenters. The molecular weight excluding hydrogens is 528 g/mol. The van der Waals surface area contributed by atoms with Gasteiger partial charge in [-0.3, -0.25) is 4.79 Å². The first-order valence-electron chi connectivity index (χ1n) is 14.6. The molecule has 3 aromatic carbocycles. The summed E-state index contributed by atoms with van der Waals surface area (Å²) in [6, 6.07) is 21.3. The van der Waals surface area contributed by atoms with Crippen molar-refractivity contribution in [1.82, 2.24) is 9.91 Å². The van der Waals surface area contributed by atoms with Gasteiger partial charge in [0.2, 0.25) is 5.91 Å². The maximum atomic E-state index is 13.5. The molecule has 1 saturated heterocycles. The fourth-order valence-electron chi connectivity index (χ4n) is 5.28. The van der Waals surface area contributed by atoms with Crippen molar-refractivity contribution in [2.45, 2.75) is 58.9 Å². The molecule has 224 valence electrons. The van der Waals surface area contributed by atoms with Crippen LogP contribution in [0.5, 0.6) is 11.5 Å². The third-order valence-corrected chi connectivity index (χ3v) is 7.42. The summed E-state index contributed by atoms with van der Waals surface area (Å²) in [4.78, 5) is 27.1. The monoisotopic (exact) mass is 572 g/mol. The molecule has 4 N–H and O–H groups in total. The van der Waals surface area contributed by atoms with E-state index < -0.39 is 5.91 Å². The molecule has 42 heavy (non-hydrogen) atoms. The number of hydrogen-bond acceptors (Lipinski definition) is 5. The molecule has 4 rings (SSSR count). The lowest BCUT2D eigenvalue weighted by Crippen LogP contribution is -2.51. The predicted molar refractivity (Wildman–Crippen MR) is 169 cm³/mol. The largest absolute Gasteiger partial charge is 0.496 e. The molecule has 8 heteroatoms. The first kappa shape index (κ1) is 32.2. The average Bonchev–Trinajstić information content (AvgIpc) is 3.04. The maximum Gasteiger partial charge on any atom is 0.338 e. The van der Waals surface area contributed by atoms with Crippen LogP contribution in [0, 0.1) is 0 Å². The zero-order valence-electron chi connectivity index (χ0n) is 25.4. The Balaban J connectivity index is 0.00000237. The van der Waals surface area contributed by atoms with Crippen LogP contribution >= 0.6 is 0 Å². The summed E-state index contributed by atoms with van der Waals surface area (Å²) in [5.74, 6) is 6.75. The number of methoxy groups -OCH3 is 2. The number of urea groups is 1. The number of carbonyl (C=O) groups excluding carboxylic acids is 2. The van der Waals surface area contributed by atoms with Crippen molar-refractivity contribution in [3.63, 3.8) is 0 Å². The highest BCUT2D eigenvalue weighted by Gasteiger charge is 2.29. The highest BCUT2D eigenvalue weighted by Crippen LogP contribution is 2.40. The summed E-state index contributed by atoms with van der Waals surface area (Å²) < 4.78 is 11.1. The van der Waals surface area contributed by atoms with E-state index in [9.17, 15) is 9.59 Å². The van der Waals surface area contributed by atoms with Crippen LogP contribution in [0.15, 0.2) is 72.9 Å². The van der Waals surface area contributed by atoms with Crippen molar-refractivity contribution in [2.24, 2.45) is 11.6 Å². The molecule has 0 spiro atoms. The van der Waals surface area contributed by atoms with Crippen molar-refractivity contribution in [3.8, 4) is 22.6 Å². The SMILES string of the molecule is CC.CC/C(=C\N(N)C(=O)N1CCCCC1Cc1ccccc1)c1ccc(-c2c(OC)cc(C(N)=O)cc2OC)cc1. The van der Waals surface area contributed by atoms with Crippen LogP contribution in [0.1, 0.15) is 67.9 Å². The van der Waals surface area contributed by atoms with Gasteiger partial charge in [0.05, 0.1) is 19.8 Å². The summed E-state index contributed by atoms with van der Waals surface area (Å²) >= 11 is 0. The van der Waals surface area contributed by atoms with E-state index in [1.807, 2.05) is 68.1 Å². The van der Waals surface area contributed by atoms with Crippen LogP contribution in [0.3, 0.4) is 0 Å². The van der Waals surface area contributed by atoms with Gasteiger partial charge in [-0.1, -0.05) is 75.4 Å². The second-order valence-electron chi connectivity index (χ2n) is 9.93. The zero-order chi connectivity index (χ0) is 30.6. The summed E-state index contributed by atoms with van der Waals surface area (Å²) in [6.07, 6.45) is 6.29. The number of likely N-dealkylation sites (tertiary alicyclic amines) is 1. The molecule has 0 aromatic heterocycles. The Labute approximate surface area is 249 Å². The molecule has 0 radical (unpaired) electrons. The number of allylic oxidation sites excluding steroid dienone is 1. The first-order valence-corrected chi connectivity index (χ1v) is 14.6. The lowest BCUT2D eigenvalue weighted by atomic mass is 9.96. The van der Waals surface area contributed by atoms with Crippen LogP contribution < -0.4 is 21.1 Å². The van der Waals surface area contributed by atoms with E-state index >= 15 is 0 Å². The second-order valence-corrected chi connectivity index (χ2v) is 9.93. The van der Waals surface area contributed by atoms with Crippen LogP contribution in [-0.4, -0.2) is 48.7 Å². The van der Waals surface area contributed by atoms with E-state index in [1.165, 1.54) is 24.8 Å². The number of rotatable bonds is 9. The smallest absolute Gasteiger partial charge is 0.338 e. The van der Waals surface area contributed by atoms with Crippen molar-refractivity contribution < 1.29 is 19.1 Å². The van der Waals surface area contributed by atoms with E-state index in [1.54, 1.807) is 18.3 Å². The maximum absolute atomic E-state index is 13.5. The zero-order valence-corrected chi connectivity index (χ0v) is 25.4. The van der Waals surface area contributed by atoms with Crippen LogP contribution in [0.4, 0.5) is 4.79 Å². The number of piperidine rings is 1. The molecule has 0 aliphatic carbocycles. The van der Waals surface area contributed by atoms with Crippen molar-refractivity contribution in [1.29, 1.82) is 0 Å². The summed E-state index contributed by atoms with van der Waals surface area (Å²) in [5, 5.41) is 1.23. The van der Waals surface area contributed by atoms with Gasteiger partial charge in [0.15, 0.2) is 0 Å². The van der Waals surface area contributed by atoms with E-state index in [0.717, 1.165) is 42.4 Å².